The number of rotatable bonds is 2. The van der Waals surface area contributed by atoms with Gasteiger partial charge >= 0.3 is 0 Å². The van der Waals surface area contributed by atoms with Gasteiger partial charge in [0.1, 0.15) is 5.82 Å². The standard InChI is InChI=1S/C8H14BrN5/c1-8(2,3)13-6-5(9)4-11-7(12-6)14-10/h4H,10H2,1-3H3,(H2,11,12,13,14). The highest BCUT2D eigenvalue weighted by Crippen LogP contribution is 2.22. The largest absolute Gasteiger partial charge is 0.364 e. The summed E-state index contributed by atoms with van der Waals surface area (Å²) >= 11 is 3.36. The molecule has 0 amide bonds. The number of nitrogens with two attached hydrogens (primary N) is 1. The maximum absolute atomic E-state index is 5.21. The lowest BCUT2D eigenvalue weighted by atomic mass is 10.1. The van der Waals surface area contributed by atoms with E-state index in [-0.39, 0.29) is 5.54 Å². The van der Waals surface area contributed by atoms with E-state index in [1.807, 2.05) is 0 Å². The van der Waals surface area contributed by atoms with E-state index in [9.17, 15) is 0 Å². The fourth-order valence-electron chi connectivity index (χ4n) is 0.880. The van der Waals surface area contributed by atoms with Crippen LogP contribution in [0.1, 0.15) is 20.8 Å². The molecule has 0 aliphatic rings. The summed E-state index contributed by atoms with van der Waals surface area (Å²) in [5, 5.41) is 3.23. The normalized spacial score (nSPS) is 11.2. The van der Waals surface area contributed by atoms with Crippen LogP contribution in [-0.2, 0) is 0 Å². The van der Waals surface area contributed by atoms with Gasteiger partial charge in [0, 0.05) is 11.7 Å². The monoisotopic (exact) mass is 259 g/mol. The van der Waals surface area contributed by atoms with E-state index in [1.165, 1.54) is 0 Å². The smallest absolute Gasteiger partial charge is 0.239 e. The first-order valence-electron chi connectivity index (χ1n) is 4.20. The second-order valence-electron chi connectivity index (χ2n) is 3.91. The first kappa shape index (κ1) is 11.2. The molecule has 0 radical (unpaired) electrons. The Morgan fingerprint density at radius 1 is 1.43 bits per heavy atom. The lowest BCUT2D eigenvalue weighted by molar-refractivity contribution is 0.629. The Kier molecular flexibility index (Phi) is 3.28. The molecular weight excluding hydrogens is 246 g/mol. The van der Waals surface area contributed by atoms with Crippen LogP contribution in [0, 0.1) is 0 Å². The van der Waals surface area contributed by atoms with Gasteiger partial charge in [-0.25, -0.2) is 10.8 Å². The number of hydrogen-bond donors (Lipinski definition) is 3. The van der Waals surface area contributed by atoms with Gasteiger partial charge < -0.3 is 5.32 Å². The zero-order chi connectivity index (χ0) is 10.8. The first-order chi connectivity index (χ1) is 6.42. The van der Waals surface area contributed by atoms with Crippen molar-refractivity contribution in [2.24, 2.45) is 5.84 Å². The van der Waals surface area contributed by atoms with Gasteiger partial charge in [-0.05, 0) is 36.7 Å². The summed E-state index contributed by atoms with van der Waals surface area (Å²) in [6, 6.07) is 0. The Balaban J connectivity index is 2.95. The van der Waals surface area contributed by atoms with Crippen molar-refractivity contribution < 1.29 is 0 Å². The molecule has 0 aliphatic carbocycles. The number of hydrogen-bond acceptors (Lipinski definition) is 5. The highest BCUT2D eigenvalue weighted by molar-refractivity contribution is 9.10. The highest BCUT2D eigenvalue weighted by atomic mass is 79.9. The maximum Gasteiger partial charge on any atom is 0.239 e. The Hall–Kier alpha value is -0.880. The molecule has 0 saturated heterocycles. The average Bonchev–Trinajstić information content (AvgIpc) is 2.06. The summed E-state index contributed by atoms with van der Waals surface area (Å²) < 4.78 is 0.812. The number of anilines is 2. The first-order valence-corrected chi connectivity index (χ1v) is 4.99. The lowest BCUT2D eigenvalue weighted by Crippen LogP contribution is -2.27. The minimum atomic E-state index is -0.0528. The van der Waals surface area contributed by atoms with Crippen molar-refractivity contribution in [2.75, 3.05) is 10.7 Å². The number of hydrazine groups is 1. The summed E-state index contributed by atoms with van der Waals surface area (Å²) in [5.74, 6) is 6.33. The zero-order valence-electron chi connectivity index (χ0n) is 8.43. The van der Waals surface area contributed by atoms with Crippen LogP contribution in [0.15, 0.2) is 10.7 Å². The number of nitrogen functional groups attached to an aromatic ring is 1. The molecular formula is C8H14BrN5. The number of halogens is 1. The van der Waals surface area contributed by atoms with Gasteiger partial charge in [-0.3, -0.25) is 5.43 Å². The van der Waals surface area contributed by atoms with Crippen LogP contribution < -0.4 is 16.6 Å². The average molecular weight is 260 g/mol. The molecule has 4 N–H and O–H groups in total. The molecule has 78 valence electrons. The maximum atomic E-state index is 5.21. The number of aromatic nitrogens is 2. The molecule has 1 aromatic rings. The van der Waals surface area contributed by atoms with Gasteiger partial charge in [0.2, 0.25) is 5.95 Å². The summed E-state index contributed by atoms with van der Waals surface area (Å²) in [6.07, 6.45) is 1.65. The van der Waals surface area contributed by atoms with E-state index < -0.39 is 0 Å². The molecule has 0 atom stereocenters. The SMILES string of the molecule is CC(C)(C)Nc1nc(NN)ncc1Br. The molecule has 0 fully saturated rings. The fourth-order valence-corrected chi connectivity index (χ4v) is 1.17. The molecule has 0 saturated carbocycles. The van der Waals surface area contributed by atoms with Crippen LogP contribution in [0.25, 0.3) is 0 Å². The second kappa shape index (κ2) is 4.10. The van der Waals surface area contributed by atoms with Crippen molar-refractivity contribution in [1.82, 2.24) is 9.97 Å². The minimum absolute atomic E-state index is 0.0528. The minimum Gasteiger partial charge on any atom is -0.364 e. The molecule has 0 aliphatic heterocycles. The highest BCUT2D eigenvalue weighted by Gasteiger charge is 2.13. The third-order valence-corrected chi connectivity index (χ3v) is 1.95. The molecule has 0 aromatic carbocycles. The van der Waals surface area contributed by atoms with Crippen molar-refractivity contribution in [3.63, 3.8) is 0 Å². The quantitative estimate of drug-likeness (QED) is 0.557. The van der Waals surface area contributed by atoms with Gasteiger partial charge in [0.05, 0.1) is 4.47 Å². The van der Waals surface area contributed by atoms with Crippen molar-refractivity contribution in [3.05, 3.63) is 10.7 Å². The third kappa shape index (κ3) is 3.12. The summed E-state index contributed by atoms with van der Waals surface area (Å²) in [4.78, 5) is 8.12. The van der Waals surface area contributed by atoms with Gasteiger partial charge in [-0.15, -0.1) is 0 Å². The van der Waals surface area contributed by atoms with E-state index >= 15 is 0 Å². The van der Waals surface area contributed by atoms with Crippen molar-refractivity contribution in [2.45, 2.75) is 26.3 Å². The van der Waals surface area contributed by atoms with Crippen molar-refractivity contribution >= 4 is 27.7 Å². The van der Waals surface area contributed by atoms with Crippen LogP contribution in [0.3, 0.4) is 0 Å². The predicted octanol–water partition coefficient (Wildman–Crippen LogP) is 1.74. The van der Waals surface area contributed by atoms with E-state index in [0.29, 0.717) is 5.95 Å². The molecule has 14 heavy (non-hydrogen) atoms. The Morgan fingerprint density at radius 2 is 2.07 bits per heavy atom. The summed E-state index contributed by atoms with van der Waals surface area (Å²) in [5.41, 5.74) is 2.34. The summed E-state index contributed by atoms with van der Waals surface area (Å²) in [7, 11) is 0. The lowest BCUT2D eigenvalue weighted by Gasteiger charge is -2.22. The zero-order valence-corrected chi connectivity index (χ0v) is 10.0. The van der Waals surface area contributed by atoms with Crippen molar-refractivity contribution in [1.29, 1.82) is 0 Å². The number of nitrogens with zero attached hydrogens (tertiary/aromatic N) is 2. The number of nitrogens with one attached hydrogen (secondary N) is 2. The Labute approximate surface area is 91.6 Å². The van der Waals surface area contributed by atoms with Crippen LogP contribution in [0.4, 0.5) is 11.8 Å². The summed E-state index contributed by atoms with van der Waals surface area (Å²) in [6.45, 7) is 6.16. The van der Waals surface area contributed by atoms with E-state index in [2.05, 4.69) is 57.4 Å². The fraction of sp³-hybridized carbons (Fsp3) is 0.500. The van der Waals surface area contributed by atoms with Gasteiger partial charge in [0.15, 0.2) is 0 Å². The second-order valence-corrected chi connectivity index (χ2v) is 4.76. The van der Waals surface area contributed by atoms with Gasteiger partial charge in [-0.1, -0.05) is 0 Å². The molecule has 5 nitrogen and oxygen atoms in total. The van der Waals surface area contributed by atoms with Gasteiger partial charge in [-0.2, -0.15) is 4.98 Å². The molecule has 0 unspecified atom stereocenters. The topological polar surface area (TPSA) is 75.9 Å². The molecule has 0 bridgehead atoms. The molecule has 6 heteroatoms. The van der Waals surface area contributed by atoms with E-state index in [0.717, 1.165) is 10.3 Å². The van der Waals surface area contributed by atoms with E-state index in [4.69, 9.17) is 5.84 Å². The Morgan fingerprint density at radius 3 is 2.57 bits per heavy atom. The van der Waals surface area contributed by atoms with Crippen LogP contribution in [0.2, 0.25) is 0 Å². The molecule has 1 aromatic heterocycles. The third-order valence-electron chi connectivity index (χ3n) is 1.37. The van der Waals surface area contributed by atoms with Crippen molar-refractivity contribution in [3.8, 4) is 0 Å². The van der Waals surface area contributed by atoms with Crippen LogP contribution >= 0.6 is 15.9 Å². The molecule has 1 rings (SSSR count). The molecule has 1 heterocycles. The van der Waals surface area contributed by atoms with Gasteiger partial charge in [0.25, 0.3) is 0 Å². The van der Waals surface area contributed by atoms with Crippen LogP contribution in [0.5, 0.6) is 0 Å². The molecule has 0 spiro atoms. The van der Waals surface area contributed by atoms with Crippen LogP contribution in [-0.4, -0.2) is 15.5 Å². The Bertz CT molecular complexity index is 320. The van der Waals surface area contributed by atoms with E-state index in [1.54, 1.807) is 6.20 Å². The predicted molar refractivity (Wildman–Crippen MR) is 60.9 cm³/mol.